The quantitative estimate of drug-likeness (QED) is 0.856. The fourth-order valence-corrected chi connectivity index (χ4v) is 2.10. The zero-order valence-corrected chi connectivity index (χ0v) is 11.3. The second kappa shape index (κ2) is 5.33. The average Bonchev–Trinajstić information content (AvgIpc) is 2.74. The van der Waals surface area contributed by atoms with E-state index >= 15 is 0 Å². The zero-order chi connectivity index (χ0) is 12.4. The molecular formula is C12H14BrFO3. The predicted molar refractivity (Wildman–Crippen MR) is 64.5 cm³/mol. The smallest absolute Gasteiger partial charge is 0.187 e. The maximum Gasteiger partial charge on any atom is 0.187 e. The van der Waals surface area contributed by atoms with Crippen molar-refractivity contribution in [3.63, 3.8) is 0 Å². The summed E-state index contributed by atoms with van der Waals surface area (Å²) in [5.74, 6) is -0.211. The molecule has 0 bridgehead atoms. The van der Waals surface area contributed by atoms with Crippen molar-refractivity contribution in [2.75, 3.05) is 13.2 Å². The van der Waals surface area contributed by atoms with E-state index in [-0.39, 0.29) is 11.9 Å². The van der Waals surface area contributed by atoms with Crippen LogP contribution in [-0.4, -0.2) is 19.3 Å². The highest BCUT2D eigenvalue weighted by atomic mass is 79.9. The molecule has 0 spiro atoms. The first kappa shape index (κ1) is 12.8. The second-order valence-corrected chi connectivity index (χ2v) is 4.96. The van der Waals surface area contributed by atoms with E-state index in [0.29, 0.717) is 23.2 Å². The molecule has 0 amide bonds. The lowest BCUT2D eigenvalue weighted by Gasteiger charge is -2.18. The summed E-state index contributed by atoms with van der Waals surface area (Å²) in [6, 6.07) is 3.13. The van der Waals surface area contributed by atoms with Crippen LogP contribution in [0.5, 0.6) is 5.75 Å². The van der Waals surface area contributed by atoms with Crippen LogP contribution in [0.15, 0.2) is 16.6 Å². The van der Waals surface area contributed by atoms with Crippen LogP contribution in [-0.2, 0) is 9.47 Å². The molecule has 5 heteroatoms. The maximum absolute atomic E-state index is 13.9. The van der Waals surface area contributed by atoms with Gasteiger partial charge in [-0.05, 0) is 26.0 Å². The number of benzene rings is 1. The molecule has 1 heterocycles. The van der Waals surface area contributed by atoms with Crippen LogP contribution in [0, 0.1) is 5.82 Å². The third kappa shape index (κ3) is 2.97. The van der Waals surface area contributed by atoms with Crippen LogP contribution in [0.3, 0.4) is 0 Å². The molecule has 0 radical (unpaired) electrons. The van der Waals surface area contributed by atoms with E-state index in [1.807, 2.05) is 13.8 Å². The molecule has 1 aliphatic rings. The summed E-state index contributed by atoms with van der Waals surface area (Å²) < 4.78 is 30.7. The summed E-state index contributed by atoms with van der Waals surface area (Å²) in [6.45, 7) is 4.73. The number of ether oxygens (including phenoxy) is 3. The molecule has 0 aromatic heterocycles. The molecule has 1 saturated heterocycles. The Hall–Kier alpha value is -0.650. The lowest BCUT2D eigenvalue weighted by atomic mass is 10.2. The van der Waals surface area contributed by atoms with E-state index in [0.717, 1.165) is 0 Å². The van der Waals surface area contributed by atoms with Crippen molar-refractivity contribution < 1.29 is 18.6 Å². The Morgan fingerprint density at radius 1 is 1.35 bits per heavy atom. The van der Waals surface area contributed by atoms with Crippen molar-refractivity contribution in [1.82, 2.24) is 0 Å². The molecule has 1 aromatic rings. The Morgan fingerprint density at radius 3 is 2.59 bits per heavy atom. The molecule has 2 rings (SSSR count). The van der Waals surface area contributed by atoms with E-state index in [9.17, 15) is 4.39 Å². The molecule has 1 aromatic carbocycles. The number of hydrogen-bond donors (Lipinski definition) is 0. The van der Waals surface area contributed by atoms with Gasteiger partial charge in [0.15, 0.2) is 17.9 Å². The van der Waals surface area contributed by atoms with Gasteiger partial charge in [-0.2, -0.15) is 0 Å². The van der Waals surface area contributed by atoms with Crippen molar-refractivity contribution in [1.29, 1.82) is 0 Å². The van der Waals surface area contributed by atoms with E-state index in [2.05, 4.69) is 15.9 Å². The Morgan fingerprint density at radius 2 is 2.00 bits per heavy atom. The van der Waals surface area contributed by atoms with Gasteiger partial charge in [0.25, 0.3) is 0 Å². The Labute approximate surface area is 108 Å². The fraction of sp³-hybridized carbons (Fsp3) is 0.500. The Bertz CT molecular complexity index is 403. The molecule has 94 valence electrons. The Kier molecular flexibility index (Phi) is 4.01. The van der Waals surface area contributed by atoms with Gasteiger partial charge in [0, 0.05) is 4.47 Å². The largest absolute Gasteiger partial charge is 0.487 e. The summed E-state index contributed by atoms with van der Waals surface area (Å²) in [5.41, 5.74) is 0.586. The summed E-state index contributed by atoms with van der Waals surface area (Å²) in [4.78, 5) is 0. The minimum Gasteiger partial charge on any atom is -0.487 e. The molecule has 0 N–H and O–H groups in total. The molecule has 0 atom stereocenters. The van der Waals surface area contributed by atoms with E-state index in [1.54, 1.807) is 6.07 Å². The van der Waals surface area contributed by atoms with E-state index in [4.69, 9.17) is 14.2 Å². The Balaban J connectivity index is 2.39. The minimum absolute atomic E-state index is 0.106. The zero-order valence-electron chi connectivity index (χ0n) is 9.70. The average molecular weight is 305 g/mol. The molecule has 0 aliphatic carbocycles. The fourth-order valence-electron chi connectivity index (χ4n) is 1.65. The van der Waals surface area contributed by atoms with Crippen LogP contribution < -0.4 is 4.74 Å². The van der Waals surface area contributed by atoms with Gasteiger partial charge in [-0.15, -0.1) is 0 Å². The van der Waals surface area contributed by atoms with Gasteiger partial charge in [-0.3, -0.25) is 0 Å². The first-order chi connectivity index (χ1) is 8.08. The van der Waals surface area contributed by atoms with Crippen LogP contribution in [0.1, 0.15) is 25.7 Å². The van der Waals surface area contributed by atoms with Gasteiger partial charge < -0.3 is 14.2 Å². The number of halogens is 2. The lowest BCUT2D eigenvalue weighted by Crippen LogP contribution is -2.11. The second-order valence-electron chi connectivity index (χ2n) is 4.05. The standard InChI is InChI=1S/C12H14BrFO3/c1-7(2)17-11-9(12-15-3-4-16-12)5-8(13)6-10(11)14/h5-7,12H,3-4H2,1-2H3. The van der Waals surface area contributed by atoms with Crippen molar-refractivity contribution >= 4 is 15.9 Å². The normalized spacial score (nSPS) is 16.8. The monoisotopic (exact) mass is 304 g/mol. The summed E-state index contributed by atoms with van der Waals surface area (Å²) >= 11 is 3.25. The highest BCUT2D eigenvalue weighted by Crippen LogP contribution is 2.36. The number of rotatable bonds is 3. The van der Waals surface area contributed by atoms with Crippen molar-refractivity contribution in [3.05, 3.63) is 28.0 Å². The molecule has 1 fully saturated rings. The highest BCUT2D eigenvalue weighted by molar-refractivity contribution is 9.10. The third-order valence-electron chi connectivity index (χ3n) is 2.27. The van der Waals surface area contributed by atoms with Crippen LogP contribution in [0.2, 0.25) is 0 Å². The maximum atomic E-state index is 13.9. The SMILES string of the molecule is CC(C)Oc1c(F)cc(Br)cc1C1OCCO1. The molecule has 17 heavy (non-hydrogen) atoms. The highest BCUT2D eigenvalue weighted by Gasteiger charge is 2.25. The predicted octanol–water partition coefficient (Wildman–Crippen LogP) is 3.42. The molecular weight excluding hydrogens is 291 g/mol. The van der Waals surface area contributed by atoms with E-state index < -0.39 is 12.1 Å². The van der Waals surface area contributed by atoms with Crippen molar-refractivity contribution in [2.45, 2.75) is 26.2 Å². The van der Waals surface area contributed by atoms with Crippen molar-refractivity contribution in [2.24, 2.45) is 0 Å². The summed E-state index contributed by atoms with van der Waals surface area (Å²) in [6.07, 6.45) is -0.651. The first-order valence-electron chi connectivity index (χ1n) is 5.46. The van der Waals surface area contributed by atoms with Gasteiger partial charge in [-0.1, -0.05) is 15.9 Å². The van der Waals surface area contributed by atoms with Crippen LogP contribution >= 0.6 is 15.9 Å². The van der Waals surface area contributed by atoms with Gasteiger partial charge in [-0.25, -0.2) is 4.39 Å². The molecule has 0 saturated carbocycles. The minimum atomic E-state index is -0.546. The van der Waals surface area contributed by atoms with Gasteiger partial charge in [0.1, 0.15) is 0 Å². The van der Waals surface area contributed by atoms with Gasteiger partial charge >= 0.3 is 0 Å². The molecule has 0 unspecified atom stereocenters. The first-order valence-corrected chi connectivity index (χ1v) is 6.26. The van der Waals surface area contributed by atoms with Crippen molar-refractivity contribution in [3.8, 4) is 5.75 Å². The van der Waals surface area contributed by atoms with Gasteiger partial charge in [0.05, 0.1) is 24.9 Å². The topological polar surface area (TPSA) is 27.7 Å². The number of hydrogen-bond acceptors (Lipinski definition) is 3. The lowest BCUT2D eigenvalue weighted by molar-refractivity contribution is -0.0465. The summed E-state index contributed by atoms with van der Waals surface area (Å²) in [5, 5.41) is 0. The molecule has 1 aliphatic heterocycles. The summed E-state index contributed by atoms with van der Waals surface area (Å²) in [7, 11) is 0. The molecule has 3 nitrogen and oxygen atoms in total. The van der Waals surface area contributed by atoms with Crippen LogP contribution in [0.25, 0.3) is 0 Å². The van der Waals surface area contributed by atoms with Crippen LogP contribution in [0.4, 0.5) is 4.39 Å². The van der Waals surface area contributed by atoms with Gasteiger partial charge in [0.2, 0.25) is 0 Å². The van der Waals surface area contributed by atoms with E-state index in [1.165, 1.54) is 6.07 Å². The third-order valence-corrected chi connectivity index (χ3v) is 2.72.